The summed E-state index contributed by atoms with van der Waals surface area (Å²) in [6.07, 6.45) is 0. The maximum atomic E-state index is 12.6. The number of benzene rings is 3. The van der Waals surface area contributed by atoms with Gasteiger partial charge in [-0.15, -0.1) is 0 Å². The van der Waals surface area contributed by atoms with Gasteiger partial charge in [0.2, 0.25) is 0 Å². The van der Waals surface area contributed by atoms with Crippen LogP contribution >= 0.6 is 0 Å². The van der Waals surface area contributed by atoms with Crippen LogP contribution in [-0.2, 0) is 6.54 Å². The number of rotatable bonds is 7. The fraction of sp³-hybridized carbons (Fsp3) is 0.200. The van der Waals surface area contributed by atoms with E-state index in [9.17, 15) is 4.79 Å². The highest BCUT2D eigenvalue weighted by Crippen LogP contribution is 2.28. The van der Waals surface area contributed by atoms with Crippen LogP contribution in [0.2, 0.25) is 0 Å². The summed E-state index contributed by atoms with van der Waals surface area (Å²) in [7, 11) is 1.67. The summed E-state index contributed by atoms with van der Waals surface area (Å²) in [4.78, 5) is 12.6. The van der Waals surface area contributed by atoms with Crippen molar-refractivity contribution in [2.45, 2.75) is 26.4 Å². The molecule has 0 radical (unpaired) electrons. The van der Waals surface area contributed by atoms with Crippen LogP contribution in [0.3, 0.4) is 0 Å². The lowest BCUT2D eigenvalue weighted by atomic mass is 10.0. The van der Waals surface area contributed by atoms with Gasteiger partial charge in [0.25, 0.3) is 5.91 Å². The Labute approximate surface area is 177 Å². The topological polar surface area (TPSA) is 74.1 Å². The highest BCUT2D eigenvalue weighted by Gasteiger charge is 2.10. The van der Waals surface area contributed by atoms with Gasteiger partial charge in [-0.05, 0) is 53.6 Å². The number of nitrogens with zero attached hydrogens (tertiary/aromatic N) is 1. The molecule has 1 amide bonds. The summed E-state index contributed by atoms with van der Waals surface area (Å²) in [5, 5.41) is 15.4. The third kappa shape index (κ3) is 5.25. The SMILES string of the molecule is COc1ccc(-c2cccc(NC(=O)c3cccc(C#N)c3)c2)cc1CNC(C)C. The molecule has 5 heteroatoms. The van der Waals surface area contributed by atoms with E-state index >= 15 is 0 Å². The molecule has 0 bridgehead atoms. The normalized spacial score (nSPS) is 10.5. The Morgan fingerprint density at radius 3 is 2.53 bits per heavy atom. The Hall–Kier alpha value is -3.62. The van der Waals surface area contributed by atoms with Crippen LogP contribution in [-0.4, -0.2) is 19.1 Å². The zero-order chi connectivity index (χ0) is 21.5. The zero-order valence-corrected chi connectivity index (χ0v) is 17.4. The third-order valence-corrected chi connectivity index (χ3v) is 4.69. The van der Waals surface area contributed by atoms with E-state index in [-0.39, 0.29) is 5.91 Å². The lowest BCUT2D eigenvalue weighted by Crippen LogP contribution is -2.22. The largest absolute Gasteiger partial charge is 0.496 e. The third-order valence-electron chi connectivity index (χ3n) is 4.69. The Bertz CT molecular complexity index is 1080. The number of hydrogen-bond acceptors (Lipinski definition) is 4. The number of carbonyl (C=O) groups is 1. The molecule has 0 unspecified atom stereocenters. The second-order valence-corrected chi connectivity index (χ2v) is 7.29. The fourth-order valence-corrected chi connectivity index (χ4v) is 3.12. The molecule has 0 saturated carbocycles. The lowest BCUT2D eigenvalue weighted by molar-refractivity contribution is 0.102. The van der Waals surface area contributed by atoms with Crippen LogP contribution in [0.25, 0.3) is 11.1 Å². The van der Waals surface area contributed by atoms with E-state index in [0.29, 0.717) is 29.4 Å². The van der Waals surface area contributed by atoms with Crippen LogP contribution in [0.4, 0.5) is 5.69 Å². The molecular formula is C25H25N3O2. The van der Waals surface area contributed by atoms with Gasteiger partial charge in [-0.2, -0.15) is 5.26 Å². The van der Waals surface area contributed by atoms with E-state index in [1.54, 1.807) is 31.4 Å². The maximum absolute atomic E-state index is 12.6. The van der Waals surface area contributed by atoms with Crippen molar-refractivity contribution in [3.8, 4) is 22.9 Å². The molecule has 0 saturated heterocycles. The zero-order valence-electron chi connectivity index (χ0n) is 17.4. The molecule has 3 rings (SSSR count). The molecule has 0 heterocycles. The summed E-state index contributed by atoms with van der Waals surface area (Å²) in [6, 6.07) is 22.9. The second-order valence-electron chi connectivity index (χ2n) is 7.29. The fourth-order valence-electron chi connectivity index (χ4n) is 3.12. The van der Waals surface area contributed by atoms with Crippen LogP contribution in [0, 0.1) is 11.3 Å². The van der Waals surface area contributed by atoms with E-state index in [4.69, 9.17) is 10.00 Å². The Morgan fingerprint density at radius 2 is 1.80 bits per heavy atom. The number of carbonyl (C=O) groups excluding carboxylic acids is 1. The molecule has 5 nitrogen and oxygen atoms in total. The van der Waals surface area contributed by atoms with Gasteiger partial charge in [-0.25, -0.2) is 0 Å². The highest BCUT2D eigenvalue weighted by molar-refractivity contribution is 6.04. The van der Waals surface area contributed by atoms with Gasteiger partial charge < -0.3 is 15.4 Å². The van der Waals surface area contributed by atoms with Crippen LogP contribution in [0.1, 0.15) is 35.3 Å². The van der Waals surface area contributed by atoms with E-state index in [2.05, 4.69) is 36.6 Å². The summed E-state index contributed by atoms with van der Waals surface area (Å²) in [5.74, 6) is 0.592. The molecule has 0 fully saturated rings. The average molecular weight is 399 g/mol. The first kappa shape index (κ1) is 21.1. The molecule has 0 atom stereocenters. The summed E-state index contributed by atoms with van der Waals surface area (Å²) >= 11 is 0. The van der Waals surface area contributed by atoms with Crippen molar-refractivity contribution in [3.05, 3.63) is 83.4 Å². The molecule has 30 heavy (non-hydrogen) atoms. The number of nitrogens with one attached hydrogen (secondary N) is 2. The number of methoxy groups -OCH3 is 1. The Morgan fingerprint density at radius 1 is 1.03 bits per heavy atom. The van der Waals surface area contributed by atoms with Gasteiger partial charge in [-0.1, -0.05) is 38.1 Å². The smallest absolute Gasteiger partial charge is 0.255 e. The first-order valence-electron chi connectivity index (χ1n) is 9.82. The molecule has 0 spiro atoms. The Balaban J connectivity index is 1.83. The Kier molecular flexibility index (Phi) is 6.84. The monoisotopic (exact) mass is 399 g/mol. The van der Waals surface area contributed by atoms with E-state index in [1.807, 2.05) is 36.4 Å². The van der Waals surface area contributed by atoms with E-state index in [1.165, 1.54) is 0 Å². The van der Waals surface area contributed by atoms with Gasteiger partial charge in [0.15, 0.2) is 0 Å². The van der Waals surface area contributed by atoms with Gasteiger partial charge in [0.05, 0.1) is 18.7 Å². The molecule has 3 aromatic rings. The second kappa shape index (κ2) is 9.73. The quantitative estimate of drug-likeness (QED) is 0.587. The minimum atomic E-state index is -0.249. The molecule has 0 aliphatic heterocycles. The van der Waals surface area contributed by atoms with Gasteiger partial charge in [-0.3, -0.25) is 4.79 Å². The van der Waals surface area contributed by atoms with Crippen LogP contribution < -0.4 is 15.4 Å². The van der Waals surface area contributed by atoms with Crippen molar-refractivity contribution in [2.75, 3.05) is 12.4 Å². The van der Waals surface area contributed by atoms with Crippen molar-refractivity contribution < 1.29 is 9.53 Å². The highest BCUT2D eigenvalue weighted by atomic mass is 16.5. The molecule has 0 aromatic heterocycles. The standard InChI is InChI=1S/C25H25N3O2/c1-17(2)27-16-22-13-20(10-11-24(22)30-3)19-7-5-9-23(14-19)28-25(29)21-8-4-6-18(12-21)15-26/h4-14,17,27H,16H2,1-3H3,(H,28,29). The predicted octanol–water partition coefficient (Wildman–Crippen LogP) is 4.98. The van der Waals surface area contributed by atoms with Crippen LogP contribution in [0.5, 0.6) is 5.75 Å². The van der Waals surface area contributed by atoms with Crippen molar-refractivity contribution in [3.63, 3.8) is 0 Å². The van der Waals surface area contributed by atoms with E-state index in [0.717, 1.165) is 22.4 Å². The van der Waals surface area contributed by atoms with Crippen LogP contribution in [0.15, 0.2) is 66.7 Å². The average Bonchev–Trinajstić information content (AvgIpc) is 2.77. The molecule has 0 aliphatic carbocycles. The molecule has 152 valence electrons. The lowest BCUT2D eigenvalue weighted by Gasteiger charge is -2.14. The van der Waals surface area contributed by atoms with Gasteiger partial charge >= 0.3 is 0 Å². The number of hydrogen-bond donors (Lipinski definition) is 2. The minimum Gasteiger partial charge on any atom is -0.496 e. The van der Waals surface area contributed by atoms with Gasteiger partial charge in [0.1, 0.15) is 5.75 Å². The number of anilines is 1. The predicted molar refractivity (Wildman–Crippen MR) is 120 cm³/mol. The van der Waals surface area contributed by atoms with E-state index < -0.39 is 0 Å². The first-order chi connectivity index (χ1) is 14.5. The first-order valence-corrected chi connectivity index (χ1v) is 9.82. The molecular weight excluding hydrogens is 374 g/mol. The minimum absolute atomic E-state index is 0.249. The summed E-state index contributed by atoms with van der Waals surface area (Å²) < 4.78 is 5.49. The summed E-state index contributed by atoms with van der Waals surface area (Å²) in [5.41, 5.74) is 4.71. The number of ether oxygens (including phenoxy) is 1. The van der Waals surface area contributed by atoms with Crippen molar-refractivity contribution in [1.82, 2.24) is 5.32 Å². The molecule has 0 aliphatic rings. The van der Waals surface area contributed by atoms with Crippen molar-refractivity contribution in [2.24, 2.45) is 0 Å². The molecule has 3 aromatic carbocycles. The van der Waals surface area contributed by atoms with Crippen molar-refractivity contribution >= 4 is 11.6 Å². The molecule has 2 N–H and O–H groups in total. The maximum Gasteiger partial charge on any atom is 0.255 e. The van der Waals surface area contributed by atoms with Gasteiger partial charge in [0, 0.05) is 29.4 Å². The van der Waals surface area contributed by atoms with Crippen molar-refractivity contribution in [1.29, 1.82) is 5.26 Å². The number of amides is 1. The summed E-state index contributed by atoms with van der Waals surface area (Å²) in [6.45, 7) is 4.92. The number of nitriles is 1.